The van der Waals surface area contributed by atoms with Gasteiger partial charge >= 0.3 is 0 Å². The molecule has 0 saturated carbocycles. The van der Waals surface area contributed by atoms with Crippen LogP contribution in [0.2, 0.25) is 10.0 Å². The summed E-state index contributed by atoms with van der Waals surface area (Å²) in [6.45, 7) is 1.97. The molecule has 0 atom stereocenters. The largest absolute Gasteiger partial charge is 0.296 e. The first-order chi connectivity index (χ1) is 12.5. The van der Waals surface area contributed by atoms with E-state index in [1.807, 2.05) is 31.4 Å². The Labute approximate surface area is 169 Å². The number of thiazole rings is 1. The van der Waals surface area contributed by atoms with E-state index in [1.54, 1.807) is 6.20 Å². The van der Waals surface area contributed by atoms with Crippen LogP contribution in [0.3, 0.4) is 0 Å². The van der Waals surface area contributed by atoms with Gasteiger partial charge in [0.05, 0.1) is 11.2 Å². The Hall–Kier alpha value is -1.67. The lowest BCUT2D eigenvalue weighted by Crippen LogP contribution is -2.15. The number of nitrogens with one attached hydrogen (secondary N) is 1. The van der Waals surface area contributed by atoms with Gasteiger partial charge in [0, 0.05) is 22.5 Å². The summed E-state index contributed by atoms with van der Waals surface area (Å²) in [7, 11) is 0. The molecule has 1 aromatic carbocycles. The molecule has 5 nitrogen and oxygen atoms in total. The zero-order chi connectivity index (χ0) is 18.7. The fourth-order valence-electron chi connectivity index (χ4n) is 2.16. The highest BCUT2D eigenvalue weighted by Gasteiger charge is 2.16. The number of aryl methyl sites for hydroxylation is 1. The van der Waals surface area contributed by atoms with Crippen molar-refractivity contribution >= 4 is 57.3 Å². The van der Waals surface area contributed by atoms with Gasteiger partial charge in [0.2, 0.25) is 0 Å². The van der Waals surface area contributed by atoms with Crippen LogP contribution in [0.5, 0.6) is 0 Å². The molecule has 3 rings (SSSR count). The lowest BCUT2D eigenvalue weighted by atomic mass is 10.1. The summed E-state index contributed by atoms with van der Waals surface area (Å²) in [6.07, 6.45) is 5.68. The first-order valence-electron chi connectivity index (χ1n) is 7.54. The average molecular weight is 425 g/mol. The number of carbonyl (C=O) groups is 1. The van der Waals surface area contributed by atoms with Gasteiger partial charge in [-0.1, -0.05) is 47.1 Å². The maximum Gasteiger partial charge on any atom is 0.277 e. The summed E-state index contributed by atoms with van der Waals surface area (Å²) in [5.74, 6) is -0.410. The average Bonchev–Trinajstić information content (AvgIpc) is 3.05. The van der Waals surface area contributed by atoms with Gasteiger partial charge in [-0.15, -0.1) is 11.3 Å². The third kappa shape index (κ3) is 4.54. The van der Waals surface area contributed by atoms with Gasteiger partial charge in [-0.2, -0.15) is 0 Å². The second-order valence-corrected chi connectivity index (χ2v) is 8.10. The zero-order valence-corrected chi connectivity index (χ0v) is 17.1. The first-order valence-corrected chi connectivity index (χ1v) is 10.3. The minimum atomic E-state index is -0.410. The Kier molecular flexibility index (Phi) is 6.13. The molecule has 3 aromatic rings. The number of benzene rings is 1. The van der Waals surface area contributed by atoms with E-state index in [1.165, 1.54) is 29.3 Å². The molecule has 0 saturated heterocycles. The Morgan fingerprint density at radius 2 is 2.04 bits per heavy atom. The van der Waals surface area contributed by atoms with Crippen LogP contribution in [-0.4, -0.2) is 27.1 Å². The number of amides is 1. The molecule has 1 amide bonds. The summed E-state index contributed by atoms with van der Waals surface area (Å²) >= 11 is 14.9. The zero-order valence-electron chi connectivity index (χ0n) is 13.9. The number of hydrogen-bond donors (Lipinski definition) is 1. The van der Waals surface area contributed by atoms with Crippen molar-refractivity contribution in [2.45, 2.75) is 18.5 Å². The molecule has 9 heteroatoms. The predicted octanol–water partition coefficient (Wildman–Crippen LogP) is 5.11. The molecule has 0 radical (unpaired) electrons. The van der Waals surface area contributed by atoms with Crippen molar-refractivity contribution < 1.29 is 4.79 Å². The van der Waals surface area contributed by atoms with Gasteiger partial charge in [0.15, 0.2) is 16.0 Å². The SMILES string of the molecule is CSc1ncc(Cl)c(C(=O)Nc2ncc(Cc3ccc(C)c(Cl)c3)s2)n1. The molecule has 26 heavy (non-hydrogen) atoms. The van der Waals surface area contributed by atoms with E-state index in [0.717, 1.165) is 21.0 Å². The fourth-order valence-corrected chi connectivity index (χ4v) is 3.72. The minimum Gasteiger partial charge on any atom is -0.296 e. The van der Waals surface area contributed by atoms with E-state index in [9.17, 15) is 4.79 Å². The first kappa shape index (κ1) is 19.1. The normalized spacial score (nSPS) is 10.8. The highest BCUT2D eigenvalue weighted by Crippen LogP contribution is 2.25. The molecule has 134 valence electrons. The highest BCUT2D eigenvalue weighted by atomic mass is 35.5. The second kappa shape index (κ2) is 8.35. The van der Waals surface area contributed by atoms with Gasteiger partial charge in [-0.05, 0) is 30.4 Å². The number of nitrogens with zero attached hydrogens (tertiary/aromatic N) is 3. The molecule has 0 spiro atoms. The summed E-state index contributed by atoms with van der Waals surface area (Å²) in [5, 5.41) is 4.65. The Morgan fingerprint density at radius 1 is 1.23 bits per heavy atom. The number of hydrogen-bond acceptors (Lipinski definition) is 6. The maximum absolute atomic E-state index is 12.4. The van der Waals surface area contributed by atoms with Gasteiger partial charge in [0.1, 0.15) is 0 Å². The van der Waals surface area contributed by atoms with Gasteiger partial charge in [-0.25, -0.2) is 15.0 Å². The molecule has 2 aromatic heterocycles. The smallest absolute Gasteiger partial charge is 0.277 e. The van der Waals surface area contributed by atoms with Crippen LogP contribution in [0.15, 0.2) is 35.7 Å². The van der Waals surface area contributed by atoms with Crippen molar-refractivity contribution in [2.24, 2.45) is 0 Å². The van der Waals surface area contributed by atoms with E-state index in [0.29, 0.717) is 16.7 Å². The maximum atomic E-state index is 12.4. The quantitative estimate of drug-likeness (QED) is 0.454. The number of rotatable bonds is 5. The summed E-state index contributed by atoms with van der Waals surface area (Å²) < 4.78 is 0. The topological polar surface area (TPSA) is 67.8 Å². The standard InChI is InChI=1S/C17H14Cl2N4OS2/c1-9-3-4-10(6-12(9)18)5-11-7-20-17(26-11)23-15(24)14-13(19)8-21-16(22-14)25-2/h3-4,6-8H,5H2,1-2H3,(H,20,23,24). The molecular weight excluding hydrogens is 411 g/mol. The Bertz CT molecular complexity index is 962. The van der Waals surface area contributed by atoms with E-state index < -0.39 is 5.91 Å². The van der Waals surface area contributed by atoms with Crippen molar-refractivity contribution in [3.63, 3.8) is 0 Å². The third-order valence-electron chi connectivity index (χ3n) is 3.51. The second-order valence-electron chi connectivity index (χ2n) is 5.40. The van der Waals surface area contributed by atoms with E-state index in [2.05, 4.69) is 20.3 Å². The van der Waals surface area contributed by atoms with Crippen molar-refractivity contribution in [3.05, 3.63) is 62.3 Å². The summed E-state index contributed by atoms with van der Waals surface area (Å²) in [6, 6.07) is 5.96. The van der Waals surface area contributed by atoms with Crippen LogP contribution in [0.25, 0.3) is 0 Å². The van der Waals surface area contributed by atoms with E-state index in [4.69, 9.17) is 23.2 Å². The fraction of sp³-hybridized carbons (Fsp3) is 0.176. The van der Waals surface area contributed by atoms with Crippen molar-refractivity contribution in [1.29, 1.82) is 0 Å². The Morgan fingerprint density at radius 3 is 2.77 bits per heavy atom. The van der Waals surface area contributed by atoms with Crippen LogP contribution >= 0.6 is 46.3 Å². The summed E-state index contributed by atoms with van der Waals surface area (Å²) in [4.78, 5) is 25.8. The lowest BCUT2D eigenvalue weighted by Gasteiger charge is -2.04. The van der Waals surface area contributed by atoms with Gasteiger partial charge < -0.3 is 0 Å². The van der Waals surface area contributed by atoms with Crippen LogP contribution < -0.4 is 5.32 Å². The number of carbonyl (C=O) groups excluding carboxylic acids is 1. The number of halogens is 2. The molecule has 2 heterocycles. The van der Waals surface area contributed by atoms with Crippen LogP contribution in [0.1, 0.15) is 26.5 Å². The minimum absolute atomic E-state index is 0.132. The molecule has 0 aliphatic carbocycles. The molecule has 0 aliphatic heterocycles. The number of anilines is 1. The molecule has 0 bridgehead atoms. The Balaban J connectivity index is 1.72. The van der Waals surface area contributed by atoms with Gasteiger partial charge in [0.25, 0.3) is 5.91 Å². The van der Waals surface area contributed by atoms with Crippen molar-refractivity contribution in [2.75, 3.05) is 11.6 Å². The lowest BCUT2D eigenvalue weighted by molar-refractivity contribution is 0.102. The van der Waals surface area contributed by atoms with Crippen molar-refractivity contribution in [1.82, 2.24) is 15.0 Å². The van der Waals surface area contributed by atoms with Gasteiger partial charge in [-0.3, -0.25) is 10.1 Å². The molecule has 1 N–H and O–H groups in total. The summed E-state index contributed by atoms with van der Waals surface area (Å²) in [5.41, 5.74) is 2.26. The van der Waals surface area contributed by atoms with Crippen LogP contribution in [0.4, 0.5) is 5.13 Å². The monoisotopic (exact) mass is 424 g/mol. The highest BCUT2D eigenvalue weighted by molar-refractivity contribution is 7.98. The predicted molar refractivity (Wildman–Crippen MR) is 108 cm³/mol. The molecule has 0 fully saturated rings. The molecular formula is C17H14Cl2N4OS2. The number of aromatic nitrogens is 3. The molecule has 0 unspecified atom stereocenters. The van der Waals surface area contributed by atoms with Crippen molar-refractivity contribution in [3.8, 4) is 0 Å². The van der Waals surface area contributed by atoms with E-state index in [-0.39, 0.29) is 10.7 Å². The van der Waals surface area contributed by atoms with Crippen LogP contribution in [0, 0.1) is 6.92 Å². The van der Waals surface area contributed by atoms with E-state index >= 15 is 0 Å². The molecule has 0 aliphatic rings. The number of thioether (sulfide) groups is 1. The van der Waals surface area contributed by atoms with Crippen LogP contribution in [-0.2, 0) is 6.42 Å². The third-order valence-corrected chi connectivity index (χ3v) is 5.67.